The molecule has 1 saturated carbocycles. The van der Waals surface area contributed by atoms with Gasteiger partial charge in [-0.2, -0.15) is 0 Å². The summed E-state index contributed by atoms with van der Waals surface area (Å²) in [5, 5.41) is 0. The lowest BCUT2D eigenvalue weighted by Crippen LogP contribution is -2.30. The molecule has 3 heteroatoms. The molecule has 1 aromatic heterocycles. The van der Waals surface area contributed by atoms with Crippen LogP contribution in [-0.2, 0) is 0 Å². The Kier molecular flexibility index (Phi) is 3.70. The van der Waals surface area contributed by atoms with Gasteiger partial charge < -0.3 is 10.3 Å². The smallest absolute Gasteiger partial charge is 0.255 e. The number of nitrogens with zero attached hydrogens (tertiary/aromatic N) is 1. The second kappa shape index (κ2) is 5.63. The number of benzene rings is 1. The number of hydrogen-bond donors (Lipinski definition) is 1. The van der Waals surface area contributed by atoms with E-state index in [1.54, 1.807) is 0 Å². The minimum absolute atomic E-state index is 0.0655. The van der Waals surface area contributed by atoms with Gasteiger partial charge in [-0.3, -0.25) is 4.79 Å². The molecule has 1 fully saturated rings. The third-order valence-electron chi connectivity index (χ3n) is 4.22. The summed E-state index contributed by atoms with van der Waals surface area (Å²) in [6.45, 7) is 0. The molecule has 3 nitrogen and oxygen atoms in total. The van der Waals surface area contributed by atoms with Crippen LogP contribution < -0.4 is 11.3 Å². The monoisotopic (exact) mass is 268 g/mol. The van der Waals surface area contributed by atoms with Crippen LogP contribution >= 0.6 is 0 Å². The van der Waals surface area contributed by atoms with E-state index < -0.39 is 0 Å². The Hall–Kier alpha value is -1.87. The normalized spacial score (nSPS) is 17.2. The minimum atomic E-state index is -0.349. The van der Waals surface area contributed by atoms with Gasteiger partial charge in [-0.05, 0) is 24.5 Å². The van der Waals surface area contributed by atoms with Crippen LogP contribution in [0, 0.1) is 0 Å². The van der Waals surface area contributed by atoms with E-state index in [1.807, 2.05) is 53.2 Å². The molecule has 3 rings (SSSR count). The molecule has 20 heavy (non-hydrogen) atoms. The lowest BCUT2D eigenvalue weighted by atomic mass is 10.0. The van der Waals surface area contributed by atoms with E-state index in [2.05, 4.69) is 0 Å². The molecule has 1 aliphatic carbocycles. The molecule has 0 spiro atoms. The second-order valence-corrected chi connectivity index (χ2v) is 5.50. The van der Waals surface area contributed by atoms with Crippen molar-refractivity contribution in [2.75, 3.05) is 0 Å². The summed E-state index contributed by atoms with van der Waals surface area (Å²) < 4.78 is 1.88. The average Bonchev–Trinajstić information content (AvgIpc) is 3.02. The van der Waals surface area contributed by atoms with Crippen LogP contribution in [0.25, 0.3) is 0 Å². The first-order chi connectivity index (χ1) is 9.77. The molecular weight excluding hydrogens is 248 g/mol. The number of hydrogen-bond acceptors (Lipinski definition) is 2. The van der Waals surface area contributed by atoms with Crippen molar-refractivity contribution >= 4 is 0 Å². The van der Waals surface area contributed by atoms with Crippen molar-refractivity contribution in [1.29, 1.82) is 0 Å². The first kappa shape index (κ1) is 13.1. The number of pyridine rings is 1. The molecule has 0 aliphatic heterocycles. The molecule has 1 aromatic carbocycles. The molecule has 1 heterocycles. The third-order valence-corrected chi connectivity index (χ3v) is 4.22. The van der Waals surface area contributed by atoms with Gasteiger partial charge in [0.25, 0.3) is 5.56 Å². The van der Waals surface area contributed by atoms with Crippen LogP contribution in [-0.4, -0.2) is 4.57 Å². The molecular formula is C17H20N2O. The van der Waals surface area contributed by atoms with Crippen LogP contribution in [0.5, 0.6) is 0 Å². The highest BCUT2D eigenvalue weighted by molar-refractivity contribution is 5.29. The second-order valence-electron chi connectivity index (χ2n) is 5.50. The molecule has 2 aromatic rings. The first-order valence-electron chi connectivity index (χ1n) is 7.29. The third kappa shape index (κ3) is 2.41. The van der Waals surface area contributed by atoms with E-state index in [4.69, 9.17) is 5.73 Å². The molecule has 2 N–H and O–H groups in total. The summed E-state index contributed by atoms with van der Waals surface area (Å²) in [5.41, 5.74) is 8.00. The lowest BCUT2D eigenvalue weighted by molar-refractivity contribution is 0.497. The fraction of sp³-hybridized carbons (Fsp3) is 0.353. The van der Waals surface area contributed by atoms with Gasteiger partial charge in [0, 0.05) is 17.8 Å². The molecule has 0 bridgehead atoms. The zero-order chi connectivity index (χ0) is 13.9. The predicted octanol–water partition coefficient (Wildman–Crippen LogP) is 3.01. The quantitative estimate of drug-likeness (QED) is 0.930. The first-order valence-corrected chi connectivity index (χ1v) is 7.29. The van der Waals surface area contributed by atoms with E-state index in [-0.39, 0.29) is 11.6 Å². The fourth-order valence-electron chi connectivity index (χ4n) is 3.07. The van der Waals surface area contributed by atoms with E-state index in [1.165, 1.54) is 12.8 Å². The maximum absolute atomic E-state index is 12.7. The van der Waals surface area contributed by atoms with Gasteiger partial charge in [-0.1, -0.05) is 49.2 Å². The molecule has 0 saturated heterocycles. The highest BCUT2D eigenvalue weighted by Crippen LogP contribution is 2.28. The van der Waals surface area contributed by atoms with E-state index >= 15 is 0 Å². The average molecular weight is 268 g/mol. The Bertz CT molecular complexity index is 627. The molecule has 1 unspecified atom stereocenters. The number of nitrogens with two attached hydrogens (primary N) is 1. The lowest BCUT2D eigenvalue weighted by Gasteiger charge is -2.17. The summed E-state index contributed by atoms with van der Waals surface area (Å²) >= 11 is 0. The standard InChI is InChI=1S/C17H20N2O/c18-16(13-7-2-1-3-8-13)15-11-6-12-19(17(15)20)14-9-4-5-10-14/h1-3,6-8,11-12,14,16H,4-5,9-10,18H2. The summed E-state index contributed by atoms with van der Waals surface area (Å²) in [7, 11) is 0. The van der Waals surface area contributed by atoms with E-state index in [9.17, 15) is 4.79 Å². The van der Waals surface area contributed by atoms with Gasteiger partial charge >= 0.3 is 0 Å². The summed E-state index contributed by atoms with van der Waals surface area (Å²) in [6.07, 6.45) is 6.53. The Balaban J connectivity index is 1.98. The minimum Gasteiger partial charge on any atom is -0.320 e. The van der Waals surface area contributed by atoms with E-state index in [0.29, 0.717) is 11.6 Å². The van der Waals surface area contributed by atoms with Gasteiger partial charge in [0.05, 0.1) is 6.04 Å². The Labute approximate surface area is 119 Å². The Morgan fingerprint density at radius 2 is 1.75 bits per heavy atom. The van der Waals surface area contributed by atoms with Gasteiger partial charge in [0.2, 0.25) is 0 Å². The van der Waals surface area contributed by atoms with Crippen molar-refractivity contribution in [2.45, 2.75) is 37.8 Å². The van der Waals surface area contributed by atoms with Crippen molar-refractivity contribution < 1.29 is 0 Å². The largest absolute Gasteiger partial charge is 0.320 e. The zero-order valence-corrected chi connectivity index (χ0v) is 11.5. The van der Waals surface area contributed by atoms with Crippen molar-refractivity contribution in [1.82, 2.24) is 4.57 Å². The van der Waals surface area contributed by atoms with Gasteiger partial charge in [0.1, 0.15) is 0 Å². The molecule has 104 valence electrons. The van der Waals surface area contributed by atoms with Gasteiger partial charge in [-0.15, -0.1) is 0 Å². The van der Waals surface area contributed by atoms with Crippen molar-refractivity contribution in [3.05, 3.63) is 70.1 Å². The maximum atomic E-state index is 12.7. The van der Waals surface area contributed by atoms with Crippen LogP contribution in [0.2, 0.25) is 0 Å². The highest BCUT2D eigenvalue weighted by Gasteiger charge is 2.20. The molecule has 1 atom stereocenters. The number of rotatable bonds is 3. The SMILES string of the molecule is NC(c1ccccc1)c1cccn(C2CCCC2)c1=O. The molecule has 1 aliphatic rings. The molecule has 0 amide bonds. The maximum Gasteiger partial charge on any atom is 0.255 e. The van der Waals surface area contributed by atoms with Crippen LogP contribution in [0.15, 0.2) is 53.5 Å². The topological polar surface area (TPSA) is 48.0 Å². The summed E-state index contributed by atoms with van der Waals surface area (Å²) in [4.78, 5) is 12.7. The van der Waals surface area contributed by atoms with Gasteiger partial charge in [0.15, 0.2) is 0 Å². The van der Waals surface area contributed by atoms with Crippen LogP contribution in [0.4, 0.5) is 0 Å². The van der Waals surface area contributed by atoms with Crippen LogP contribution in [0.1, 0.15) is 48.9 Å². The predicted molar refractivity (Wildman–Crippen MR) is 80.7 cm³/mol. The highest BCUT2D eigenvalue weighted by atomic mass is 16.1. The van der Waals surface area contributed by atoms with Gasteiger partial charge in [-0.25, -0.2) is 0 Å². The van der Waals surface area contributed by atoms with Crippen molar-refractivity contribution in [3.8, 4) is 0 Å². The zero-order valence-electron chi connectivity index (χ0n) is 11.5. The van der Waals surface area contributed by atoms with Crippen molar-refractivity contribution in [3.63, 3.8) is 0 Å². The number of aromatic nitrogens is 1. The van der Waals surface area contributed by atoms with Crippen molar-refractivity contribution in [2.24, 2.45) is 5.73 Å². The summed E-state index contributed by atoms with van der Waals surface area (Å²) in [6, 6.07) is 13.6. The summed E-state index contributed by atoms with van der Waals surface area (Å²) in [5.74, 6) is 0. The molecule has 0 radical (unpaired) electrons. The fourth-order valence-corrected chi connectivity index (χ4v) is 3.07. The van der Waals surface area contributed by atoms with E-state index in [0.717, 1.165) is 18.4 Å². The Morgan fingerprint density at radius 3 is 2.45 bits per heavy atom. The Morgan fingerprint density at radius 1 is 1.05 bits per heavy atom. The van der Waals surface area contributed by atoms with Crippen LogP contribution in [0.3, 0.4) is 0 Å².